The number of methoxy groups -OCH3 is 1. The van der Waals surface area contributed by atoms with E-state index in [4.69, 9.17) is 13.9 Å². The van der Waals surface area contributed by atoms with Crippen molar-refractivity contribution in [1.29, 1.82) is 0 Å². The summed E-state index contributed by atoms with van der Waals surface area (Å²) in [6.07, 6.45) is 0. The first-order valence-electron chi connectivity index (χ1n) is 10.6. The van der Waals surface area contributed by atoms with Gasteiger partial charge in [-0.3, -0.25) is 4.79 Å². The van der Waals surface area contributed by atoms with E-state index in [0.717, 1.165) is 10.0 Å². The lowest BCUT2D eigenvalue weighted by Crippen LogP contribution is -2.15. The fourth-order valence-electron chi connectivity index (χ4n) is 3.43. The number of amides is 1. The van der Waals surface area contributed by atoms with Crippen molar-refractivity contribution in [3.8, 4) is 23.0 Å². The summed E-state index contributed by atoms with van der Waals surface area (Å²) in [5.41, 5.74) is 2.81. The number of ether oxygens (including phenoxy) is 2. The van der Waals surface area contributed by atoms with Crippen molar-refractivity contribution in [3.63, 3.8) is 0 Å². The highest BCUT2D eigenvalue weighted by Gasteiger charge is 2.21. The number of nitrogens with zero attached hydrogens (tertiary/aromatic N) is 4. The molecule has 0 aliphatic carbocycles. The number of halogens is 1. The number of aromatic nitrogens is 4. The van der Waals surface area contributed by atoms with E-state index in [2.05, 4.69) is 36.5 Å². The summed E-state index contributed by atoms with van der Waals surface area (Å²) in [7, 11) is 1.60. The monoisotopic (exact) mass is 525 g/mol. The van der Waals surface area contributed by atoms with Gasteiger partial charge in [0, 0.05) is 4.47 Å². The maximum absolute atomic E-state index is 12.9. The molecule has 0 unspecified atom stereocenters. The third kappa shape index (κ3) is 4.81. The zero-order valence-electron chi connectivity index (χ0n) is 19.3. The highest BCUT2D eigenvalue weighted by Crippen LogP contribution is 2.33. The Balaban J connectivity index is 1.56. The SMILES string of the molecule is CCOc1ccccc1NC(=O)c1nnn(Cc2nc(-c3cc(Br)ccc3OC)oc2C)c1C. The second-order valence-electron chi connectivity index (χ2n) is 7.43. The number of anilines is 1. The molecule has 10 heteroatoms. The molecule has 4 rings (SSSR count). The highest BCUT2D eigenvalue weighted by molar-refractivity contribution is 9.10. The van der Waals surface area contributed by atoms with Gasteiger partial charge in [-0.25, -0.2) is 9.67 Å². The molecule has 9 nitrogen and oxygen atoms in total. The van der Waals surface area contributed by atoms with E-state index in [1.807, 2.05) is 44.2 Å². The first-order chi connectivity index (χ1) is 16.4. The van der Waals surface area contributed by atoms with Gasteiger partial charge in [-0.15, -0.1) is 5.10 Å². The average molecular weight is 526 g/mol. The fraction of sp³-hybridized carbons (Fsp3) is 0.250. The lowest BCUT2D eigenvalue weighted by molar-refractivity contribution is 0.102. The van der Waals surface area contributed by atoms with Gasteiger partial charge in [-0.05, 0) is 51.1 Å². The average Bonchev–Trinajstić information content (AvgIpc) is 3.37. The van der Waals surface area contributed by atoms with Crippen LogP contribution in [0, 0.1) is 13.8 Å². The number of rotatable bonds is 8. The maximum Gasteiger partial charge on any atom is 0.278 e. The Morgan fingerprint density at radius 3 is 2.74 bits per heavy atom. The topological polar surface area (TPSA) is 104 Å². The van der Waals surface area contributed by atoms with Crippen LogP contribution >= 0.6 is 15.9 Å². The number of hydrogen-bond acceptors (Lipinski definition) is 7. The molecule has 34 heavy (non-hydrogen) atoms. The molecule has 0 saturated heterocycles. The molecule has 176 valence electrons. The number of carbonyl (C=O) groups excluding carboxylic acids is 1. The zero-order chi connectivity index (χ0) is 24.2. The summed E-state index contributed by atoms with van der Waals surface area (Å²) in [4.78, 5) is 17.5. The molecule has 0 atom stereocenters. The molecule has 0 spiro atoms. The minimum atomic E-state index is -0.368. The zero-order valence-corrected chi connectivity index (χ0v) is 20.8. The van der Waals surface area contributed by atoms with E-state index in [-0.39, 0.29) is 11.6 Å². The number of carbonyl (C=O) groups is 1. The van der Waals surface area contributed by atoms with Gasteiger partial charge in [-0.2, -0.15) is 0 Å². The molecule has 0 fully saturated rings. The Bertz CT molecular complexity index is 1330. The molecular formula is C24H24BrN5O4. The lowest BCUT2D eigenvalue weighted by Gasteiger charge is -2.10. The van der Waals surface area contributed by atoms with Crippen LogP contribution < -0.4 is 14.8 Å². The van der Waals surface area contributed by atoms with E-state index >= 15 is 0 Å². The van der Waals surface area contributed by atoms with Crippen LogP contribution in [0.4, 0.5) is 5.69 Å². The van der Waals surface area contributed by atoms with Crippen molar-refractivity contribution in [1.82, 2.24) is 20.0 Å². The molecule has 0 bridgehead atoms. The second-order valence-corrected chi connectivity index (χ2v) is 8.35. The molecule has 1 amide bonds. The van der Waals surface area contributed by atoms with Crippen molar-refractivity contribution in [2.24, 2.45) is 0 Å². The number of nitrogens with one attached hydrogen (secondary N) is 1. The standard InChI is InChI=1S/C24H24BrN5O4/c1-5-33-21-9-7-6-8-18(21)26-23(31)22-14(2)30(29-28-22)13-19-15(3)34-24(27-19)17-12-16(25)10-11-20(17)32-4/h6-12H,5,13H2,1-4H3,(H,26,31). The van der Waals surface area contributed by atoms with E-state index < -0.39 is 0 Å². The predicted octanol–water partition coefficient (Wildman–Crippen LogP) is 5.02. The first kappa shape index (κ1) is 23.5. The molecular weight excluding hydrogens is 502 g/mol. The van der Waals surface area contributed by atoms with Crippen LogP contribution in [0.5, 0.6) is 11.5 Å². The van der Waals surface area contributed by atoms with Crippen LogP contribution in [0.15, 0.2) is 51.4 Å². The normalized spacial score (nSPS) is 10.9. The van der Waals surface area contributed by atoms with Crippen molar-refractivity contribution in [2.45, 2.75) is 27.3 Å². The summed E-state index contributed by atoms with van der Waals surface area (Å²) in [6.45, 7) is 6.30. The lowest BCUT2D eigenvalue weighted by atomic mass is 10.2. The minimum absolute atomic E-state index is 0.223. The van der Waals surface area contributed by atoms with Crippen LogP contribution in [0.2, 0.25) is 0 Å². The van der Waals surface area contributed by atoms with Gasteiger partial charge in [0.2, 0.25) is 5.89 Å². The predicted molar refractivity (Wildman–Crippen MR) is 130 cm³/mol. The van der Waals surface area contributed by atoms with Gasteiger partial charge >= 0.3 is 0 Å². The number of para-hydroxylation sites is 2. The molecule has 0 aliphatic heterocycles. The van der Waals surface area contributed by atoms with Crippen LogP contribution in [-0.4, -0.2) is 39.6 Å². The van der Waals surface area contributed by atoms with Gasteiger partial charge in [-0.1, -0.05) is 33.3 Å². The van der Waals surface area contributed by atoms with Crippen molar-refractivity contribution in [2.75, 3.05) is 19.0 Å². The van der Waals surface area contributed by atoms with Crippen LogP contribution in [0.1, 0.15) is 34.6 Å². The second kappa shape index (κ2) is 10.1. The van der Waals surface area contributed by atoms with Crippen molar-refractivity contribution in [3.05, 3.63) is 69.8 Å². The molecule has 2 aromatic heterocycles. The van der Waals surface area contributed by atoms with Crippen LogP contribution in [0.3, 0.4) is 0 Å². The van der Waals surface area contributed by atoms with Crippen LogP contribution in [0.25, 0.3) is 11.5 Å². The van der Waals surface area contributed by atoms with Gasteiger partial charge in [0.25, 0.3) is 5.91 Å². The Kier molecular flexibility index (Phi) is 6.97. The van der Waals surface area contributed by atoms with Gasteiger partial charge < -0.3 is 19.2 Å². The first-order valence-corrected chi connectivity index (χ1v) is 11.4. The number of hydrogen-bond donors (Lipinski definition) is 1. The minimum Gasteiger partial charge on any atom is -0.496 e. The van der Waals surface area contributed by atoms with Gasteiger partial charge in [0.05, 0.1) is 37.2 Å². The third-order valence-electron chi connectivity index (χ3n) is 5.22. The number of benzene rings is 2. The Hall–Kier alpha value is -3.66. The highest BCUT2D eigenvalue weighted by atomic mass is 79.9. The van der Waals surface area contributed by atoms with E-state index in [1.54, 1.807) is 30.8 Å². The van der Waals surface area contributed by atoms with Gasteiger partial charge in [0.15, 0.2) is 5.69 Å². The Morgan fingerprint density at radius 1 is 1.18 bits per heavy atom. The summed E-state index contributed by atoms with van der Waals surface area (Å²) in [5.74, 6) is 1.96. The third-order valence-corrected chi connectivity index (χ3v) is 5.71. The molecule has 2 aromatic carbocycles. The largest absolute Gasteiger partial charge is 0.496 e. The van der Waals surface area contributed by atoms with E-state index in [1.165, 1.54) is 0 Å². The van der Waals surface area contributed by atoms with Crippen LogP contribution in [-0.2, 0) is 6.54 Å². The summed E-state index contributed by atoms with van der Waals surface area (Å²) in [5, 5.41) is 11.1. The molecule has 1 N–H and O–H groups in total. The summed E-state index contributed by atoms with van der Waals surface area (Å²) in [6, 6.07) is 12.9. The molecule has 4 aromatic rings. The molecule has 2 heterocycles. The fourth-order valence-corrected chi connectivity index (χ4v) is 3.79. The Morgan fingerprint density at radius 2 is 1.97 bits per heavy atom. The quantitative estimate of drug-likeness (QED) is 0.344. The van der Waals surface area contributed by atoms with Crippen molar-refractivity contribution < 1.29 is 18.7 Å². The molecule has 0 aliphatic rings. The number of aryl methyl sites for hydroxylation is 1. The molecule has 0 radical (unpaired) electrons. The molecule has 0 saturated carbocycles. The Labute approximate surface area is 205 Å². The van der Waals surface area contributed by atoms with E-state index in [0.29, 0.717) is 53.4 Å². The van der Waals surface area contributed by atoms with Crippen molar-refractivity contribution >= 4 is 27.5 Å². The van der Waals surface area contributed by atoms with E-state index in [9.17, 15) is 4.79 Å². The summed E-state index contributed by atoms with van der Waals surface area (Å²) >= 11 is 3.47. The number of oxazole rings is 1. The summed E-state index contributed by atoms with van der Waals surface area (Å²) < 4.78 is 19.4. The van der Waals surface area contributed by atoms with Gasteiger partial charge in [0.1, 0.15) is 23.0 Å². The maximum atomic E-state index is 12.9. The smallest absolute Gasteiger partial charge is 0.278 e.